The van der Waals surface area contributed by atoms with Crippen LogP contribution in [0, 0.1) is 0 Å². The molecule has 0 unspecified atom stereocenters. The van der Waals surface area contributed by atoms with Crippen molar-refractivity contribution < 1.29 is 0 Å². The van der Waals surface area contributed by atoms with Crippen LogP contribution in [-0.4, -0.2) is 51.0 Å². The van der Waals surface area contributed by atoms with Crippen molar-refractivity contribution in [3.8, 4) is 0 Å². The zero-order valence-corrected chi connectivity index (χ0v) is 14.5. The number of imidazole rings is 1. The third kappa shape index (κ3) is 2.78. The van der Waals surface area contributed by atoms with E-state index in [2.05, 4.69) is 66.1 Å². The molecule has 0 atom stereocenters. The zero-order valence-electron chi connectivity index (χ0n) is 14.5. The van der Waals surface area contributed by atoms with Crippen molar-refractivity contribution in [2.24, 2.45) is 0 Å². The van der Waals surface area contributed by atoms with E-state index in [1.54, 1.807) is 18.7 Å². The van der Waals surface area contributed by atoms with E-state index < -0.39 is 0 Å². The molecule has 1 N–H and O–H groups in total. The number of fused-ring (bicyclic) bond motifs is 2. The van der Waals surface area contributed by atoms with Gasteiger partial charge in [-0.25, -0.2) is 4.98 Å². The number of nitrogens with one attached hydrogen (secondary N) is 1. The lowest BCUT2D eigenvalue weighted by Gasteiger charge is -2.36. The normalized spacial score (nSPS) is 15.8. The van der Waals surface area contributed by atoms with Crippen molar-refractivity contribution >= 4 is 27.8 Å². The molecule has 0 aliphatic carbocycles. The first kappa shape index (κ1) is 15.3. The average Bonchev–Trinajstić information content (AvgIpc) is 3.17. The van der Waals surface area contributed by atoms with Crippen molar-refractivity contribution in [3.05, 3.63) is 60.7 Å². The summed E-state index contributed by atoms with van der Waals surface area (Å²) in [4.78, 5) is 21.4. The third-order valence-corrected chi connectivity index (χ3v) is 5.08. The second kappa shape index (κ2) is 6.38. The predicted molar refractivity (Wildman–Crippen MR) is 103 cm³/mol. The second-order valence-electron chi connectivity index (χ2n) is 6.72. The van der Waals surface area contributed by atoms with Gasteiger partial charge in [0.15, 0.2) is 0 Å². The maximum absolute atomic E-state index is 4.49. The minimum atomic E-state index is 0.951. The number of hydrogen-bond donors (Lipinski definition) is 1. The molecule has 0 radical (unpaired) electrons. The molecule has 1 aliphatic rings. The largest absolute Gasteiger partial charge is 0.367 e. The maximum Gasteiger partial charge on any atom is 0.112 e. The summed E-state index contributed by atoms with van der Waals surface area (Å²) in [6, 6.07) is 12.7. The third-order valence-electron chi connectivity index (χ3n) is 5.08. The number of nitrogens with zero attached hydrogens (tertiary/aromatic N) is 5. The Labute approximate surface area is 151 Å². The van der Waals surface area contributed by atoms with E-state index in [1.807, 2.05) is 0 Å². The smallest absolute Gasteiger partial charge is 0.112 e. The van der Waals surface area contributed by atoms with E-state index >= 15 is 0 Å². The second-order valence-corrected chi connectivity index (χ2v) is 6.72. The van der Waals surface area contributed by atoms with Gasteiger partial charge in [0.05, 0.1) is 28.6 Å². The highest BCUT2D eigenvalue weighted by molar-refractivity contribution is 5.88. The monoisotopic (exact) mass is 344 g/mol. The van der Waals surface area contributed by atoms with Crippen LogP contribution in [0.2, 0.25) is 0 Å². The Morgan fingerprint density at radius 1 is 0.885 bits per heavy atom. The van der Waals surface area contributed by atoms with Crippen molar-refractivity contribution in [2.45, 2.75) is 6.54 Å². The lowest BCUT2D eigenvalue weighted by atomic mass is 10.1. The van der Waals surface area contributed by atoms with E-state index in [4.69, 9.17) is 0 Å². The van der Waals surface area contributed by atoms with E-state index in [0.29, 0.717) is 0 Å². The van der Waals surface area contributed by atoms with Gasteiger partial charge in [0.2, 0.25) is 0 Å². The molecule has 4 aromatic rings. The molecule has 26 heavy (non-hydrogen) atoms. The van der Waals surface area contributed by atoms with Crippen LogP contribution < -0.4 is 4.90 Å². The van der Waals surface area contributed by atoms with Crippen LogP contribution in [0.25, 0.3) is 22.1 Å². The lowest BCUT2D eigenvalue weighted by molar-refractivity contribution is 0.250. The molecule has 1 aliphatic heterocycles. The van der Waals surface area contributed by atoms with Gasteiger partial charge in [-0.1, -0.05) is 12.1 Å². The SMILES string of the molecule is c1cc(N2CCN(Cc3ccc4nccnc4c3)CC2)c2nc[nH]c2c1. The molecule has 1 saturated heterocycles. The summed E-state index contributed by atoms with van der Waals surface area (Å²) >= 11 is 0. The number of aromatic amines is 1. The Morgan fingerprint density at radius 2 is 1.73 bits per heavy atom. The van der Waals surface area contributed by atoms with Gasteiger partial charge in [-0.2, -0.15) is 0 Å². The molecule has 1 fully saturated rings. The molecule has 5 rings (SSSR count). The Balaban J connectivity index is 1.28. The molecule has 0 saturated carbocycles. The van der Waals surface area contributed by atoms with Crippen LogP contribution in [0.15, 0.2) is 55.1 Å². The standard InChI is InChI=1S/C20H20N6/c1-2-17-20(24-14-23-17)19(3-1)26-10-8-25(9-11-26)13-15-4-5-16-18(12-15)22-7-6-21-16/h1-7,12,14H,8-11,13H2,(H,23,24). The quantitative estimate of drug-likeness (QED) is 0.619. The van der Waals surface area contributed by atoms with E-state index in [1.165, 1.54) is 11.3 Å². The summed E-state index contributed by atoms with van der Waals surface area (Å²) in [6.07, 6.45) is 5.26. The van der Waals surface area contributed by atoms with Gasteiger partial charge in [0.25, 0.3) is 0 Å². The van der Waals surface area contributed by atoms with E-state index in [0.717, 1.165) is 54.8 Å². The van der Waals surface area contributed by atoms with Crippen LogP contribution in [-0.2, 0) is 6.54 Å². The first-order valence-corrected chi connectivity index (χ1v) is 8.96. The molecule has 2 aromatic carbocycles. The van der Waals surface area contributed by atoms with Crippen molar-refractivity contribution in [3.63, 3.8) is 0 Å². The first-order valence-electron chi connectivity index (χ1n) is 8.96. The summed E-state index contributed by atoms with van der Waals surface area (Å²) < 4.78 is 0. The number of rotatable bonds is 3. The Morgan fingerprint density at radius 3 is 2.62 bits per heavy atom. The van der Waals surface area contributed by atoms with Gasteiger partial charge < -0.3 is 9.88 Å². The maximum atomic E-state index is 4.49. The minimum absolute atomic E-state index is 0.951. The minimum Gasteiger partial charge on any atom is -0.367 e. The number of benzene rings is 2. The molecule has 6 nitrogen and oxygen atoms in total. The number of hydrogen-bond acceptors (Lipinski definition) is 5. The van der Waals surface area contributed by atoms with Gasteiger partial charge in [-0.15, -0.1) is 0 Å². The van der Waals surface area contributed by atoms with Gasteiger partial charge in [-0.05, 0) is 29.8 Å². The van der Waals surface area contributed by atoms with Crippen LogP contribution in [0.1, 0.15) is 5.56 Å². The fourth-order valence-corrected chi connectivity index (χ4v) is 3.72. The van der Waals surface area contributed by atoms with Crippen LogP contribution >= 0.6 is 0 Å². The number of H-pyrrole nitrogens is 1. The van der Waals surface area contributed by atoms with Crippen molar-refractivity contribution in [1.29, 1.82) is 0 Å². The fourth-order valence-electron chi connectivity index (χ4n) is 3.72. The molecule has 0 amide bonds. The summed E-state index contributed by atoms with van der Waals surface area (Å²) in [6.45, 7) is 5.06. The molecule has 3 heterocycles. The molecule has 2 aromatic heterocycles. The van der Waals surface area contributed by atoms with Crippen LogP contribution in [0.3, 0.4) is 0 Å². The molecule has 6 heteroatoms. The molecule has 0 spiro atoms. The molecule has 130 valence electrons. The van der Waals surface area contributed by atoms with E-state index in [9.17, 15) is 0 Å². The predicted octanol–water partition coefficient (Wildman–Crippen LogP) is 2.83. The summed E-state index contributed by atoms with van der Waals surface area (Å²) in [7, 11) is 0. The van der Waals surface area contributed by atoms with Crippen LogP contribution in [0.4, 0.5) is 5.69 Å². The topological polar surface area (TPSA) is 60.9 Å². The Bertz CT molecular complexity index is 1050. The van der Waals surface area contributed by atoms with Gasteiger partial charge >= 0.3 is 0 Å². The average molecular weight is 344 g/mol. The number of aromatic nitrogens is 4. The number of anilines is 1. The highest BCUT2D eigenvalue weighted by Gasteiger charge is 2.19. The highest BCUT2D eigenvalue weighted by Crippen LogP contribution is 2.25. The van der Waals surface area contributed by atoms with E-state index in [-0.39, 0.29) is 0 Å². The van der Waals surface area contributed by atoms with Gasteiger partial charge in [0.1, 0.15) is 5.52 Å². The summed E-state index contributed by atoms with van der Waals surface area (Å²) in [5.74, 6) is 0. The van der Waals surface area contributed by atoms with Crippen molar-refractivity contribution in [2.75, 3.05) is 31.1 Å². The first-order chi connectivity index (χ1) is 12.9. The molecular formula is C20H20N6. The van der Waals surface area contributed by atoms with Gasteiger partial charge in [0, 0.05) is 45.1 Å². The Hall–Kier alpha value is -2.99. The number of para-hydroxylation sites is 1. The molecular weight excluding hydrogens is 324 g/mol. The number of piperazine rings is 1. The summed E-state index contributed by atoms with van der Waals surface area (Å²) in [5.41, 5.74) is 6.60. The highest BCUT2D eigenvalue weighted by atomic mass is 15.3. The lowest BCUT2D eigenvalue weighted by Crippen LogP contribution is -2.46. The summed E-state index contributed by atoms with van der Waals surface area (Å²) in [5, 5.41) is 0. The molecule has 0 bridgehead atoms. The van der Waals surface area contributed by atoms with Gasteiger partial charge in [-0.3, -0.25) is 14.9 Å². The fraction of sp³-hybridized carbons (Fsp3) is 0.250. The Kier molecular flexibility index (Phi) is 3.75. The van der Waals surface area contributed by atoms with Crippen LogP contribution in [0.5, 0.6) is 0 Å². The zero-order chi connectivity index (χ0) is 17.3. The van der Waals surface area contributed by atoms with Crippen molar-refractivity contribution in [1.82, 2.24) is 24.8 Å².